The molecule has 7 rings (SSSR count). The van der Waals surface area contributed by atoms with Crippen LogP contribution in [0.3, 0.4) is 0 Å². The second-order valence-electron chi connectivity index (χ2n) is 11.0. The highest BCUT2D eigenvalue weighted by Crippen LogP contribution is 2.34. The maximum Gasteiger partial charge on any atom is 0.247 e. The van der Waals surface area contributed by atoms with Crippen LogP contribution in [0.5, 0.6) is 0 Å². The highest BCUT2D eigenvalue weighted by atomic mass is 35.5. The van der Waals surface area contributed by atoms with Gasteiger partial charge in [0.25, 0.3) is 0 Å². The minimum atomic E-state index is -1.41. The van der Waals surface area contributed by atoms with Crippen LogP contribution in [0.15, 0.2) is 79.1 Å². The van der Waals surface area contributed by atoms with Crippen molar-refractivity contribution in [2.24, 2.45) is 5.73 Å². The molecule has 4 heterocycles. The first-order valence-electron chi connectivity index (χ1n) is 14.5. The molecule has 0 bridgehead atoms. The number of fused-ring (bicyclic) bond motifs is 2. The van der Waals surface area contributed by atoms with Crippen LogP contribution in [-0.2, 0) is 16.1 Å². The summed E-state index contributed by atoms with van der Waals surface area (Å²) in [6, 6.07) is 18.6. The van der Waals surface area contributed by atoms with Crippen LogP contribution in [0.2, 0.25) is 5.02 Å². The number of aliphatic hydroxyl groups is 1. The van der Waals surface area contributed by atoms with E-state index in [1.54, 1.807) is 60.9 Å². The largest absolute Gasteiger partial charge is 0.373 e. The van der Waals surface area contributed by atoms with Gasteiger partial charge in [0.05, 0.1) is 41.0 Å². The quantitative estimate of drug-likeness (QED) is 0.188. The number of nitrogens with one attached hydrogen (secondary N) is 2. The number of nitrogens with zero attached hydrogens (tertiary/aromatic N) is 6. The van der Waals surface area contributed by atoms with E-state index in [-0.39, 0.29) is 25.2 Å². The summed E-state index contributed by atoms with van der Waals surface area (Å²) in [7, 11) is 0. The molecule has 1 aliphatic heterocycles. The molecular weight excluding hydrogens is 613 g/mol. The SMILES string of the molecule is NC(O)c1nn(CC(=O)N2CC(F)CC2C(=O)Nc2cccc3[nH]nc(-c4cccc(Cl)c4)c23)c2ccc(-c3ccnnc3)cc12. The summed E-state index contributed by atoms with van der Waals surface area (Å²) >= 11 is 6.21. The molecule has 3 aromatic carbocycles. The molecule has 2 amide bonds. The molecule has 0 aliphatic carbocycles. The number of rotatable bonds is 7. The van der Waals surface area contributed by atoms with Gasteiger partial charge in [0.1, 0.15) is 36.4 Å². The monoisotopic (exact) mass is 639 g/mol. The molecule has 1 aliphatic rings. The molecule has 14 heteroatoms. The average Bonchev–Trinajstić information content (AvgIpc) is 3.77. The number of hydrogen-bond donors (Lipinski definition) is 4. The van der Waals surface area contributed by atoms with E-state index in [4.69, 9.17) is 17.3 Å². The van der Waals surface area contributed by atoms with Gasteiger partial charge in [-0.05, 0) is 48.0 Å². The molecule has 5 N–H and O–H groups in total. The van der Waals surface area contributed by atoms with E-state index in [0.717, 1.165) is 16.7 Å². The maximum atomic E-state index is 14.8. The fraction of sp³-hybridized carbons (Fsp3) is 0.188. The number of carbonyl (C=O) groups is 2. The van der Waals surface area contributed by atoms with Crippen molar-refractivity contribution < 1.29 is 19.1 Å². The molecule has 0 spiro atoms. The summed E-state index contributed by atoms with van der Waals surface area (Å²) in [6.45, 7) is -0.544. The maximum absolute atomic E-state index is 14.8. The number of likely N-dealkylation sites (tertiary alicyclic amines) is 1. The molecule has 232 valence electrons. The lowest BCUT2D eigenvalue weighted by Crippen LogP contribution is -2.44. The van der Waals surface area contributed by atoms with Crippen molar-refractivity contribution in [3.05, 3.63) is 89.8 Å². The van der Waals surface area contributed by atoms with Crippen molar-refractivity contribution in [3.8, 4) is 22.4 Å². The summed E-state index contributed by atoms with van der Waals surface area (Å²) < 4.78 is 16.2. The van der Waals surface area contributed by atoms with Gasteiger partial charge in [0.2, 0.25) is 11.8 Å². The molecule has 3 atom stereocenters. The van der Waals surface area contributed by atoms with Gasteiger partial charge < -0.3 is 21.1 Å². The highest BCUT2D eigenvalue weighted by molar-refractivity contribution is 6.31. The molecule has 3 unspecified atom stereocenters. The Labute approximate surface area is 266 Å². The van der Waals surface area contributed by atoms with E-state index in [1.807, 2.05) is 18.2 Å². The van der Waals surface area contributed by atoms with Crippen molar-refractivity contribution >= 4 is 50.9 Å². The fourth-order valence-corrected chi connectivity index (χ4v) is 6.14. The second kappa shape index (κ2) is 11.9. The first kappa shape index (κ1) is 29.5. The molecule has 1 fully saturated rings. The molecule has 1 saturated heterocycles. The van der Waals surface area contributed by atoms with Crippen LogP contribution >= 0.6 is 11.6 Å². The predicted molar refractivity (Wildman–Crippen MR) is 170 cm³/mol. The van der Waals surface area contributed by atoms with E-state index in [1.165, 1.54) is 9.58 Å². The Kier molecular flexibility index (Phi) is 7.64. The zero-order chi connectivity index (χ0) is 31.9. The molecule has 46 heavy (non-hydrogen) atoms. The Morgan fingerprint density at radius 3 is 2.72 bits per heavy atom. The van der Waals surface area contributed by atoms with Gasteiger partial charge in [-0.15, -0.1) is 0 Å². The van der Waals surface area contributed by atoms with E-state index >= 15 is 0 Å². The van der Waals surface area contributed by atoms with E-state index < -0.39 is 30.3 Å². The summed E-state index contributed by atoms with van der Waals surface area (Å²) in [4.78, 5) is 28.6. The van der Waals surface area contributed by atoms with Crippen LogP contribution in [-0.4, -0.2) is 70.8 Å². The molecule has 12 nitrogen and oxygen atoms in total. The zero-order valence-corrected chi connectivity index (χ0v) is 24.9. The number of hydrogen-bond acceptors (Lipinski definition) is 8. The Balaban J connectivity index is 1.16. The zero-order valence-electron chi connectivity index (χ0n) is 24.1. The van der Waals surface area contributed by atoms with Gasteiger partial charge in [0.15, 0.2) is 0 Å². The summed E-state index contributed by atoms with van der Waals surface area (Å²) in [5.41, 5.74) is 10.6. The van der Waals surface area contributed by atoms with Crippen molar-refractivity contribution in [1.29, 1.82) is 0 Å². The second-order valence-corrected chi connectivity index (χ2v) is 11.5. The first-order valence-corrected chi connectivity index (χ1v) is 14.8. The Morgan fingerprint density at radius 1 is 1.09 bits per heavy atom. The number of nitrogens with two attached hydrogens (primary N) is 1. The lowest BCUT2D eigenvalue weighted by Gasteiger charge is -2.24. The van der Waals surface area contributed by atoms with Gasteiger partial charge in [-0.3, -0.25) is 19.4 Å². The number of anilines is 1. The van der Waals surface area contributed by atoms with Crippen molar-refractivity contribution in [3.63, 3.8) is 0 Å². The number of H-pyrrole nitrogens is 1. The van der Waals surface area contributed by atoms with Crippen molar-refractivity contribution in [2.75, 3.05) is 11.9 Å². The highest BCUT2D eigenvalue weighted by Gasteiger charge is 2.40. The lowest BCUT2D eigenvalue weighted by atomic mass is 10.0. The number of aliphatic hydroxyl groups excluding tert-OH is 1. The third kappa shape index (κ3) is 5.44. The summed E-state index contributed by atoms with van der Waals surface area (Å²) in [5.74, 6) is -1.04. The van der Waals surface area contributed by atoms with Gasteiger partial charge >= 0.3 is 0 Å². The number of alkyl halides is 1. The minimum Gasteiger partial charge on any atom is -0.373 e. The Bertz CT molecular complexity index is 2100. The van der Waals surface area contributed by atoms with Crippen LogP contribution in [0.4, 0.5) is 10.1 Å². The summed E-state index contributed by atoms with van der Waals surface area (Å²) in [6.07, 6.45) is 0.210. The first-order chi connectivity index (χ1) is 22.3. The number of aromatic nitrogens is 6. The van der Waals surface area contributed by atoms with Crippen LogP contribution in [0, 0.1) is 0 Å². The third-order valence-electron chi connectivity index (χ3n) is 8.08. The van der Waals surface area contributed by atoms with Gasteiger partial charge in [0, 0.05) is 28.0 Å². The summed E-state index contributed by atoms with van der Waals surface area (Å²) in [5, 5.41) is 34.4. The average molecular weight is 640 g/mol. The molecule has 0 radical (unpaired) electrons. The van der Waals surface area contributed by atoms with E-state index in [9.17, 15) is 19.1 Å². The Hall–Kier alpha value is -5.24. The number of aromatic amines is 1. The van der Waals surface area contributed by atoms with Gasteiger partial charge in [-0.2, -0.15) is 20.4 Å². The van der Waals surface area contributed by atoms with Crippen molar-refractivity contribution in [2.45, 2.75) is 31.4 Å². The molecule has 3 aromatic heterocycles. The van der Waals surface area contributed by atoms with Gasteiger partial charge in [-0.1, -0.05) is 35.9 Å². The normalized spacial score (nSPS) is 17.1. The predicted octanol–water partition coefficient (Wildman–Crippen LogP) is 4.22. The smallest absolute Gasteiger partial charge is 0.247 e. The van der Waals surface area contributed by atoms with Crippen molar-refractivity contribution in [1.82, 2.24) is 35.1 Å². The number of carbonyl (C=O) groups excluding carboxylic acids is 2. The molecule has 0 saturated carbocycles. The number of benzene rings is 3. The minimum absolute atomic E-state index is 0.157. The van der Waals surface area contributed by atoms with Crippen LogP contribution in [0.25, 0.3) is 44.2 Å². The van der Waals surface area contributed by atoms with Crippen LogP contribution in [0.1, 0.15) is 18.3 Å². The van der Waals surface area contributed by atoms with E-state index in [2.05, 4.69) is 30.8 Å². The third-order valence-corrected chi connectivity index (χ3v) is 8.32. The topological polar surface area (TPSA) is 168 Å². The number of halogens is 2. The Morgan fingerprint density at radius 2 is 1.93 bits per heavy atom. The van der Waals surface area contributed by atoms with E-state index in [0.29, 0.717) is 38.2 Å². The number of amides is 2. The fourth-order valence-electron chi connectivity index (χ4n) is 5.95. The molecular formula is C32H27ClFN9O3. The standard InChI is InChI=1S/C32H27ClFN9O3/c33-20-4-1-3-18(11-20)29-28-23(5-2-6-24(28)39-40-29)38-32(46)26-13-21(34)15-42(26)27(44)16-43-25-8-7-17(19-9-10-36-37-14-19)12-22(25)30(41-43)31(35)45/h1-12,14,21,26,31,45H,13,15-16,35H2,(H,38,46)(H,39,40). The molecule has 6 aromatic rings. The van der Waals surface area contributed by atoms with Crippen LogP contribution < -0.4 is 11.1 Å². The lowest BCUT2D eigenvalue weighted by molar-refractivity contribution is -0.137. The van der Waals surface area contributed by atoms with Gasteiger partial charge in [-0.25, -0.2) is 4.39 Å².